The van der Waals surface area contributed by atoms with Crippen LogP contribution in [0.5, 0.6) is 11.5 Å². The average molecular weight is 200 g/mol. The lowest BCUT2D eigenvalue weighted by Gasteiger charge is -2.06. The van der Waals surface area contributed by atoms with Gasteiger partial charge in [-0.3, -0.25) is 0 Å². The van der Waals surface area contributed by atoms with Gasteiger partial charge in [0.1, 0.15) is 18.5 Å². The first-order valence-electron chi connectivity index (χ1n) is 4.94. The van der Waals surface area contributed by atoms with Crippen molar-refractivity contribution in [3.63, 3.8) is 0 Å². The quantitative estimate of drug-likeness (QED) is 0.679. The summed E-state index contributed by atoms with van der Waals surface area (Å²) in [4.78, 5) is 0. The minimum absolute atomic E-state index is 0.863. The Labute approximate surface area is 89.8 Å². The minimum Gasteiger partial charge on any atom is -0.457 e. The maximum Gasteiger partial charge on any atom is 0.172 e. The molecule has 0 aliphatic carbocycles. The Morgan fingerprint density at radius 2 is 1.67 bits per heavy atom. The number of aryl methyl sites for hydroxylation is 2. The molecule has 76 valence electrons. The Bertz CT molecular complexity index is 448. The van der Waals surface area contributed by atoms with Gasteiger partial charge in [-0.2, -0.15) is 0 Å². The molecule has 1 aromatic heterocycles. The lowest BCUT2D eigenvalue weighted by molar-refractivity contribution is -0.671. The second-order valence-electron chi connectivity index (χ2n) is 3.57. The second kappa shape index (κ2) is 4.13. The van der Waals surface area contributed by atoms with Crippen LogP contribution in [0.4, 0.5) is 0 Å². The normalized spacial score (nSPS) is 10.0. The summed E-state index contributed by atoms with van der Waals surface area (Å²) in [5, 5.41) is 0. The maximum absolute atomic E-state index is 5.75. The van der Waals surface area contributed by atoms with E-state index in [9.17, 15) is 0 Å². The van der Waals surface area contributed by atoms with Crippen molar-refractivity contribution in [2.24, 2.45) is 7.05 Å². The van der Waals surface area contributed by atoms with E-state index in [4.69, 9.17) is 4.74 Å². The molecule has 0 aliphatic heterocycles. The molecule has 0 unspecified atom stereocenters. The molecule has 1 aromatic carbocycles. The molecule has 0 saturated carbocycles. The molecule has 0 spiro atoms. The number of aromatic nitrogens is 1. The number of nitrogens with zero attached hydrogens (tertiary/aromatic N) is 1. The van der Waals surface area contributed by atoms with E-state index in [0.717, 1.165) is 17.1 Å². The third-order valence-corrected chi connectivity index (χ3v) is 2.27. The van der Waals surface area contributed by atoms with Gasteiger partial charge in [0.05, 0.1) is 0 Å². The Balaban J connectivity index is 2.22. The third-order valence-electron chi connectivity index (χ3n) is 2.27. The van der Waals surface area contributed by atoms with Crippen molar-refractivity contribution in [1.82, 2.24) is 0 Å². The first kappa shape index (κ1) is 9.71. The minimum atomic E-state index is 0.863. The van der Waals surface area contributed by atoms with Crippen molar-refractivity contribution in [3.05, 3.63) is 54.4 Å². The molecule has 2 nitrogen and oxygen atoms in total. The summed E-state index contributed by atoms with van der Waals surface area (Å²) in [6, 6.07) is 11.9. The summed E-state index contributed by atoms with van der Waals surface area (Å²) in [6.07, 6.45) is 3.93. The molecule has 0 N–H and O–H groups in total. The monoisotopic (exact) mass is 200 g/mol. The SMILES string of the molecule is Cc1ccccc1Oc1cc[n+](C)cc1. The average Bonchev–Trinajstić information content (AvgIpc) is 2.25. The van der Waals surface area contributed by atoms with E-state index in [1.165, 1.54) is 0 Å². The largest absolute Gasteiger partial charge is 0.457 e. The van der Waals surface area contributed by atoms with Crippen molar-refractivity contribution in [2.45, 2.75) is 6.92 Å². The van der Waals surface area contributed by atoms with E-state index >= 15 is 0 Å². The van der Waals surface area contributed by atoms with Gasteiger partial charge in [0, 0.05) is 12.1 Å². The zero-order chi connectivity index (χ0) is 10.7. The summed E-state index contributed by atoms with van der Waals surface area (Å²) >= 11 is 0. The Kier molecular flexibility index (Phi) is 2.68. The van der Waals surface area contributed by atoms with E-state index in [-0.39, 0.29) is 0 Å². The maximum atomic E-state index is 5.75. The molecule has 2 heteroatoms. The van der Waals surface area contributed by atoms with Crippen LogP contribution in [-0.2, 0) is 7.05 Å². The van der Waals surface area contributed by atoms with E-state index in [0.29, 0.717) is 0 Å². The molecule has 15 heavy (non-hydrogen) atoms. The van der Waals surface area contributed by atoms with Gasteiger partial charge in [-0.25, -0.2) is 4.57 Å². The fraction of sp³-hybridized carbons (Fsp3) is 0.154. The number of ether oxygens (including phenoxy) is 1. The molecule has 0 radical (unpaired) electrons. The van der Waals surface area contributed by atoms with Crippen LogP contribution in [0.2, 0.25) is 0 Å². The highest BCUT2D eigenvalue weighted by Crippen LogP contribution is 2.23. The molecule has 0 bridgehead atoms. The summed E-state index contributed by atoms with van der Waals surface area (Å²) in [6.45, 7) is 2.04. The van der Waals surface area contributed by atoms with Gasteiger partial charge in [-0.15, -0.1) is 0 Å². The lowest BCUT2D eigenvalue weighted by Crippen LogP contribution is -2.25. The van der Waals surface area contributed by atoms with Crippen LogP contribution < -0.4 is 9.30 Å². The van der Waals surface area contributed by atoms with Crippen LogP contribution in [0.1, 0.15) is 5.56 Å². The number of para-hydroxylation sites is 1. The molecular formula is C13H14NO+. The van der Waals surface area contributed by atoms with Crippen molar-refractivity contribution in [2.75, 3.05) is 0 Å². The van der Waals surface area contributed by atoms with Crippen LogP contribution in [0, 0.1) is 6.92 Å². The topological polar surface area (TPSA) is 13.1 Å². The Morgan fingerprint density at radius 3 is 2.33 bits per heavy atom. The highest BCUT2D eigenvalue weighted by atomic mass is 16.5. The lowest BCUT2D eigenvalue weighted by atomic mass is 10.2. The molecule has 0 aliphatic rings. The number of benzene rings is 1. The van der Waals surface area contributed by atoms with Gasteiger partial charge in [-0.1, -0.05) is 18.2 Å². The number of pyridine rings is 1. The highest BCUT2D eigenvalue weighted by molar-refractivity contribution is 5.35. The molecule has 0 amide bonds. The zero-order valence-electron chi connectivity index (χ0n) is 8.97. The van der Waals surface area contributed by atoms with Gasteiger partial charge in [0.2, 0.25) is 0 Å². The number of hydrogen-bond donors (Lipinski definition) is 0. The second-order valence-corrected chi connectivity index (χ2v) is 3.57. The Hall–Kier alpha value is -1.83. The van der Waals surface area contributed by atoms with Crippen LogP contribution in [0.3, 0.4) is 0 Å². The molecule has 0 saturated heterocycles. The van der Waals surface area contributed by atoms with Crippen LogP contribution >= 0.6 is 0 Å². The summed E-state index contributed by atoms with van der Waals surface area (Å²) in [5.41, 5.74) is 1.14. The van der Waals surface area contributed by atoms with Crippen molar-refractivity contribution in [1.29, 1.82) is 0 Å². The van der Waals surface area contributed by atoms with Crippen LogP contribution in [0.25, 0.3) is 0 Å². The number of rotatable bonds is 2. The highest BCUT2D eigenvalue weighted by Gasteiger charge is 2.01. The van der Waals surface area contributed by atoms with Gasteiger partial charge < -0.3 is 4.74 Å². The first-order chi connectivity index (χ1) is 7.25. The smallest absolute Gasteiger partial charge is 0.172 e. The van der Waals surface area contributed by atoms with Crippen LogP contribution in [0.15, 0.2) is 48.8 Å². The predicted octanol–water partition coefficient (Wildman–Crippen LogP) is 2.61. The van der Waals surface area contributed by atoms with Gasteiger partial charge >= 0.3 is 0 Å². The summed E-state index contributed by atoms with van der Waals surface area (Å²) in [7, 11) is 1.98. The molecule has 1 heterocycles. The predicted molar refractivity (Wildman–Crippen MR) is 58.9 cm³/mol. The standard InChI is InChI=1S/C13H14NO/c1-11-5-3-4-6-13(11)15-12-7-9-14(2)10-8-12/h3-10H,1-2H3/q+1. The first-order valence-corrected chi connectivity index (χ1v) is 4.94. The van der Waals surface area contributed by atoms with Crippen LogP contribution in [-0.4, -0.2) is 0 Å². The van der Waals surface area contributed by atoms with Crippen molar-refractivity contribution in [3.8, 4) is 11.5 Å². The van der Waals surface area contributed by atoms with Crippen molar-refractivity contribution < 1.29 is 9.30 Å². The molecule has 0 fully saturated rings. The zero-order valence-corrected chi connectivity index (χ0v) is 8.97. The fourth-order valence-corrected chi connectivity index (χ4v) is 1.35. The van der Waals surface area contributed by atoms with Gasteiger partial charge in [0.25, 0.3) is 0 Å². The van der Waals surface area contributed by atoms with Gasteiger partial charge in [0.15, 0.2) is 12.4 Å². The van der Waals surface area contributed by atoms with E-state index < -0.39 is 0 Å². The summed E-state index contributed by atoms with van der Waals surface area (Å²) in [5.74, 6) is 1.77. The van der Waals surface area contributed by atoms with Gasteiger partial charge in [-0.05, 0) is 18.6 Å². The Morgan fingerprint density at radius 1 is 1.00 bits per heavy atom. The number of hydrogen-bond acceptors (Lipinski definition) is 1. The van der Waals surface area contributed by atoms with E-state index in [1.807, 2.05) is 67.3 Å². The fourth-order valence-electron chi connectivity index (χ4n) is 1.35. The van der Waals surface area contributed by atoms with E-state index in [1.54, 1.807) is 0 Å². The molecule has 0 atom stereocenters. The third kappa shape index (κ3) is 2.34. The van der Waals surface area contributed by atoms with E-state index in [2.05, 4.69) is 0 Å². The molecular weight excluding hydrogens is 186 g/mol. The summed E-state index contributed by atoms with van der Waals surface area (Å²) < 4.78 is 7.73. The molecule has 2 aromatic rings. The molecule has 2 rings (SSSR count). The van der Waals surface area contributed by atoms with Crippen molar-refractivity contribution >= 4 is 0 Å².